The van der Waals surface area contributed by atoms with Crippen molar-refractivity contribution < 1.29 is 9.90 Å². The molecular formula is C36H46O2. The second kappa shape index (κ2) is 13.8. The minimum Gasteiger partial charge on any atom is -0.478 e. The maximum atomic E-state index is 12.0. The molecule has 2 nitrogen and oxygen atoms in total. The van der Waals surface area contributed by atoms with Crippen molar-refractivity contribution in [2.45, 2.75) is 109 Å². The number of hydrogen-bond donors (Lipinski definition) is 1. The summed E-state index contributed by atoms with van der Waals surface area (Å²) in [4.78, 5) is 12.0. The third-order valence-electron chi connectivity index (χ3n) is 8.65. The third-order valence-corrected chi connectivity index (χ3v) is 8.65. The van der Waals surface area contributed by atoms with E-state index in [2.05, 4.69) is 56.3 Å². The Morgan fingerprint density at radius 3 is 1.76 bits per heavy atom. The summed E-state index contributed by atoms with van der Waals surface area (Å²) in [6.45, 7) is 4.56. The van der Waals surface area contributed by atoms with Crippen molar-refractivity contribution in [3.05, 3.63) is 83.4 Å². The molecule has 0 saturated heterocycles. The smallest absolute Gasteiger partial charge is 0.336 e. The van der Waals surface area contributed by atoms with E-state index < -0.39 is 5.97 Å². The van der Waals surface area contributed by atoms with Gasteiger partial charge in [-0.15, -0.1) is 0 Å². The van der Waals surface area contributed by atoms with Crippen LogP contribution in [0.2, 0.25) is 0 Å². The van der Waals surface area contributed by atoms with E-state index in [1.54, 1.807) is 6.07 Å². The Morgan fingerprint density at radius 1 is 0.605 bits per heavy atom. The van der Waals surface area contributed by atoms with Gasteiger partial charge in [-0.2, -0.15) is 0 Å². The van der Waals surface area contributed by atoms with E-state index in [1.807, 2.05) is 18.2 Å². The molecule has 0 aliphatic heterocycles. The molecule has 0 atom stereocenters. The number of aromatic carboxylic acids is 1. The SMILES string of the molecule is CCCCCCCCC1(CCCCCCCC)c2ccccc2-c2ccc(-c3ccccc3C(=O)O)cc21. The van der Waals surface area contributed by atoms with E-state index in [4.69, 9.17) is 0 Å². The number of benzene rings is 3. The molecule has 0 radical (unpaired) electrons. The number of carbonyl (C=O) groups is 1. The van der Waals surface area contributed by atoms with Crippen LogP contribution in [0, 0.1) is 0 Å². The molecule has 0 unspecified atom stereocenters. The molecule has 202 valence electrons. The summed E-state index contributed by atoms with van der Waals surface area (Å²) in [6.07, 6.45) is 17.9. The summed E-state index contributed by atoms with van der Waals surface area (Å²) in [6, 6.07) is 23.2. The van der Waals surface area contributed by atoms with E-state index in [9.17, 15) is 9.90 Å². The van der Waals surface area contributed by atoms with Gasteiger partial charge in [-0.25, -0.2) is 4.79 Å². The second-order valence-corrected chi connectivity index (χ2v) is 11.3. The Balaban J connectivity index is 1.71. The van der Waals surface area contributed by atoms with Gasteiger partial charge in [0.15, 0.2) is 0 Å². The van der Waals surface area contributed by atoms with Gasteiger partial charge in [-0.05, 0) is 58.4 Å². The first-order chi connectivity index (χ1) is 18.6. The molecule has 4 rings (SSSR count). The van der Waals surface area contributed by atoms with Crippen LogP contribution in [0.4, 0.5) is 0 Å². The van der Waals surface area contributed by atoms with E-state index >= 15 is 0 Å². The summed E-state index contributed by atoms with van der Waals surface area (Å²) >= 11 is 0. The average molecular weight is 511 g/mol. The molecule has 3 aromatic carbocycles. The van der Waals surface area contributed by atoms with Crippen LogP contribution in [0.1, 0.15) is 125 Å². The zero-order valence-electron chi connectivity index (χ0n) is 23.6. The molecule has 38 heavy (non-hydrogen) atoms. The normalized spacial score (nSPS) is 13.3. The van der Waals surface area contributed by atoms with Crippen molar-refractivity contribution >= 4 is 5.97 Å². The van der Waals surface area contributed by atoms with Crippen LogP contribution in [0.5, 0.6) is 0 Å². The lowest BCUT2D eigenvalue weighted by molar-refractivity contribution is 0.0697. The quantitative estimate of drug-likeness (QED) is 0.195. The molecule has 0 fully saturated rings. The highest BCUT2D eigenvalue weighted by Crippen LogP contribution is 2.55. The Hall–Kier alpha value is -2.87. The number of fused-ring (bicyclic) bond motifs is 3. The van der Waals surface area contributed by atoms with Gasteiger partial charge in [0.25, 0.3) is 0 Å². The summed E-state index contributed by atoms with van der Waals surface area (Å²) in [5.74, 6) is -0.866. The zero-order valence-corrected chi connectivity index (χ0v) is 23.6. The average Bonchev–Trinajstić information content (AvgIpc) is 3.22. The molecule has 1 N–H and O–H groups in total. The van der Waals surface area contributed by atoms with Crippen LogP contribution in [-0.2, 0) is 5.41 Å². The molecule has 0 saturated carbocycles. The predicted molar refractivity (Wildman–Crippen MR) is 161 cm³/mol. The van der Waals surface area contributed by atoms with Gasteiger partial charge in [0.2, 0.25) is 0 Å². The van der Waals surface area contributed by atoms with Gasteiger partial charge in [-0.1, -0.05) is 145 Å². The lowest BCUT2D eigenvalue weighted by Gasteiger charge is -2.33. The molecule has 0 spiro atoms. The molecule has 0 heterocycles. The molecule has 3 aromatic rings. The minimum absolute atomic E-state index is 0.00954. The Bertz CT molecular complexity index is 1180. The lowest BCUT2D eigenvalue weighted by Crippen LogP contribution is -2.25. The van der Waals surface area contributed by atoms with E-state index in [0.29, 0.717) is 5.56 Å². The van der Waals surface area contributed by atoms with Crippen molar-refractivity contribution in [3.8, 4) is 22.3 Å². The summed E-state index contributed by atoms with van der Waals surface area (Å²) in [7, 11) is 0. The van der Waals surface area contributed by atoms with Gasteiger partial charge in [0.05, 0.1) is 5.56 Å². The van der Waals surface area contributed by atoms with Crippen molar-refractivity contribution in [1.82, 2.24) is 0 Å². The van der Waals surface area contributed by atoms with Gasteiger partial charge < -0.3 is 5.11 Å². The highest BCUT2D eigenvalue weighted by molar-refractivity contribution is 5.96. The maximum Gasteiger partial charge on any atom is 0.336 e. The largest absolute Gasteiger partial charge is 0.478 e. The van der Waals surface area contributed by atoms with E-state index in [0.717, 1.165) is 11.1 Å². The predicted octanol–water partition coefficient (Wildman–Crippen LogP) is 10.8. The molecule has 2 heteroatoms. The van der Waals surface area contributed by atoms with E-state index in [1.165, 1.54) is 112 Å². The van der Waals surface area contributed by atoms with Crippen LogP contribution in [0.25, 0.3) is 22.3 Å². The van der Waals surface area contributed by atoms with Gasteiger partial charge in [0, 0.05) is 5.41 Å². The first kappa shape index (κ1) is 28.1. The van der Waals surface area contributed by atoms with E-state index in [-0.39, 0.29) is 5.41 Å². The third kappa shape index (κ3) is 6.22. The van der Waals surface area contributed by atoms with Crippen molar-refractivity contribution in [2.75, 3.05) is 0 Å². The fourth-order valence-corrected chi connectivity index (χ4v) is 6.62. The molecule has 1 aliphatic carbocycles. The summed E-state index contributed by atoms with van der Waals surface area (Å²) < 4.78 is 0. The molecular weight excluding hydrogens is 464 g/mol. The first-order valence-electron chi connectivity index (χ1n) is 15.2. The van der Waals surface area contributed by atoms with Crippen LogP contribution in [-0.4, -0.2) is 11.1 Å². The van der Waals surface area contributed by atoms with Crippen LogP contribution >= 0.6 is 0 Å². The topological polar surface area (TPSA) is 37.3 Å². The van der Waals surface area contributed by atoms with Gasteiger partial charge >= 0.3 is 5.97 Å². The number of rotatable bonds is 16. The fraction of sp³-hybridized carbons (Fsp3) is 0.472. The summed E-state index contributed by atoms with van der Waals surface area (Å²) in [5.41, 5.74) is 7.83. The monoisotopic (exact) mass is 510 g/mol. The van der Waals surface area contributed by atoms with Crippen LogP contribution in [0.15, 0.2) is 66.7 Å². The van der Waals surface area contributed by atoms with Crippen molar-refractivity contribution in [2.24, 2.45) is 0 Å². The highest BCUT2D eigenvalue weighted by Gasteiger charge is 2.42. The fourth-order valence-electron chi connectivity index (χ4n) is 6.62. The molecule has 1 aliphatic rings. The summed E-state index contributed by atoms with van der Waals surface area (Å²) in [5, 5.41) is 9.87. The van der Waals surface area contributed by atoms with Crippen molar-refractivity contribution in [3.63, 3.8) is 0 Å². The Morgan fingerprint density at radius 2 is 1.13 bits per heavy atom. The highest BCUT2D eigenvalue weighted by atomic mass is 16.4. The zero-order chi connectivity index (χ0) is 26.8. The standard InChI is InChI=1S/C36H46O2/c1-3-5-7-9-11-17-25-36(26-18-12-10-8-6-4-2)33-22-16-15-20-30(33)31-24-23-28(27-34(31)36)29-19-13-14-21-32(29)35(37)38/h13-16,19-24,27H,3-12,17-18,25-26H2,1-2H3,(H,37,38). The Labute approximate surface area is 230 Å². The number of carboxylic acids is 1. The lowest BCUT2D eigenvalue weighted by atomic mass is 9.70. The van der Waals surface area contributed by atoms with Gasteiger partial charge in [-0.3, -0.25) is 0 Å². The number of unbranched alkanes of at least 4 members (excludes halogenated alkanes) is 10. The second-order valence-electron chi connectivity index (χ2n) is 11.3. The van der Waals surface area contributed by atoms with Crippen molar-refractivity contribution in [1.29, 1.82) is 0 Å². The molecule has 0 bridgehead atoms. The first-order valence-corrected chi connectivity index (χ1v) is 15.2. The van der Waals surface area contributed by atoms with Crippen LogP contribution < -0.4 is 0 Å². The number of carboxylic acid groups (broad SMARTS) is 1. The maximum absolute atomic E-state index is 12.0. The molecule has 0 aromatic heterocycles. The van der Waals surface area contributed by atoms with Crippen LogP contribution in [0.3, 0.4) is 0 Å². The van der Waals surface area contributed by atoms with Gasteiger partial charge in [0.1, 0.15) is 0 Å². The number of hydrogen-bond acceptors (Lipinski definition) is 1. The Kier molecular flexibility index (Phi) is 10.2. The molecule has 0 amide bonds. The minimum atomic E-state index is -0.866.